The molecule has 0 aliphatic carbocycles. The van der Waals surface area contributed by atoms with Gasteiger partial charge in [0.05, 0.1) is 11.0 Å². The highest BCUT2D eigenvalue weighted by Gasteiger charge is 2.45. The van der Waals surface area contributed by atoms with Crippen LogP contribution in [-0.2, 0) is 9.84 Å². The molecule has 3 atom stereocenters. The fourth-order valence-corrected chi connectivity index (χ4v) is 4.06. The summed E-state index contributed by atoms with van der Waals surface area (Å²) in [6, 6.07) is 10.6. The second kappa shape index (κ2) is 4.42. The molecule has 0 unspecified atom stereocenters. The molecule has 1 aliphatic heterocycles. The first-order chi connectivity index (χ1) is 7.93. The van der Waals surface area contributed by atoms with Gasteiger partial charge >= 0.3 is 0 Å². The van der Waals surface area contributed by atoms with Crippen molar-refractivity contribution in [2.24, 2.45) is 0 Å². The van der Waals surface area contributed by atoms with Gasteiger partial charge in [0.25, 0.3) is 0 Å². The first-order valence-corrected chi connectivity index (χ1v) is 7.63. The van der Waals surface area contributed by atoms with E-state index in [4.69, 9.17) is 0 Å². The third kappa shape index (κ3) is 2.24. The molecule has 0 N–H and O–H groups in total. The Morgan fingerprint density at radius 1 is 1.29 bits per heavy atom. The van der Waals surface area contributed by atoms with Gasteiger partial charge in [-0.3, -0.25) is 4.90 Å². The normalized spacial score (nSPS) is 28.7. The molecule has 1 fully saturated rings. The third-order valence-corrected chi connectivity index (χ3v) is 6.18. The number of sulfone groups is 1. The molecule has 1 aliphatic rings. The molecule has 0 bridgehead atoms. The molecule has 1 saturated heterocycles. The molecule has 17 heavy (non-hydrogen) atoms. The summed E-state index contributed by atoms with van der Waals surface area (Å²) >= 11 is 0. The summed E-state index contributed by atoms with van der Waals surface area (Å²) in [5.74, 6) is 0.293. The van der Waals surface area contributed by atoms with E-state index < -0.39 is 9.84 Å². The van der Waals surface area contributed by atoms with Crippen LogP contribution in [0.2, 0.25) is 0 Å². The molecule has 1 aromatic carbocycles. The lowest BCUT2D eigenvalue weighted by atomic mass is 10.0. The minimum absolute atomic E-state index is 0.148. The largest absolute Gasteiger partial charge is 0.294 e. The van der Waals surface area contributed by atoms with Crippen LogP contribution in [0.4, 0.5) is 0 Å². The van der Waals surface area contributed by atoms with Gasteiger partial charge in [-0.2, -0.15) is 0 Å². The van der Waals surface area contributed by atoms with Gasteiger partial charge in [0.1, 0.15) is 0 Å². The molecule has 3 nitrogen and oxygen atoms in total. The molecule has 0 radical (unpaired) electrons. The van der Waals surface area contributed by atoms with E-state index in [1.54, 1.807) is 6.92 Å². The second-order valence-corrected chi connectivity index (χ2v) is 7.26. The average Bonchev–Trinajstić information content (AvgIpc) is 2.35. The summed E-state index contributed by atoms with van der Waals surface area (Å²) in [4.78, 5) is 2.17. The second-order valence-electron chi connectivity index (χ2n) is 4.85. The highest BCUT2D eigenvalue weighted by Crippen LogP contribution is 2.30. The Morgan fingerprint density at radius 2 is 1.88 bits per heavy atom. The number of nitrogens with zero attached hydrogens (tertiary/aromatic N) is 1. The molecule has 0 saturated carbocycles. The Bertz CT molecular complexity index is 483. The highest BCUT2D eigenvalue weighted by molar-refractivity contribution is 7.93. The van der Waals surface area contributed by atoms with E-state index in [1.165, 1.54) is 5.56 Å². The van der Waals surface area contributed by atoms with Gasteiger partial charge in [0.2, 0.25) is 0 Å². The molecule has 94 valence electrons. The van der Waals surface area contributed by atoms with Crippen LogP contribution in [0.1, 0.15) is 25.5 Å². The van der Waals surface area contributed by atoms with Gasteiger partial charge in [-0.05, 0) is 26.5 Å². The van der Waals surface area contributed by atoms with Crippen molar-refractivity contribution < 1.29 is 8.42 Å². The van der Waals surface area contributed by atoms with Crippen LogP contribution in [0.25, 0.3) is 0 Å². The van der Waals surface area contributed by atoms with E-state index in [-0.39, 0.29) is 17.3 Å². The van der Waals surface area contributed by atoms with Crippen LogP contribution < -0.4 is 0 Å². The van der Waals surface area contributed by atoms with Crippen LogP contribution in [0.3, 0.4) is 0 Å². The van der Waals surface area contributed by atoms with Crippen molar-refractivity contribution >= 4 is 9.84 Å². The zero-order valence-corrected chi connectivity index (χ0v) is 11.3. The summed E-state index contributed by atoms with van der Waals surface area (Å²) in [6.07, 6.45) is 0. The first kappa shape index (κ1) is 12.6. The fourth-order valence-electron chi connectivity index (χ4n) is 2.35. The Balaban J connectivity index is 2.10. The minimum atomic E-state index is -2.81. The summed E-state index contributed by atoms with van der Waals surface area (Å²) in [5.41, 5.74) is 1.23. The van der Waals surface area contributed by atoms with Crippen LogP contribution >= 0.6 is 0 Å². The molecule has 0 spiro atoms. The quantitative estimate of drug-likeness (QED) is 0.825. The predicted octanol–water partition coefficient (Wildman–Crippen LogP) is 1.86. The number of rotatable bonds is 3. The summed E-state index contributed by atoms with van der Waals surface area (Å²) in [6.45, 7) is 3.92. The summed E-state index contributed by atoms with van der Waals surface area (Å²) < 4.78 is 22.9. The van der Waals surface area contributed by atoms with E-state index >= 15 is 0 Å². The molecule has 0 amide bonds. The van der Waals surface area contributed by atoms with E-state index in [1.807, 2.05) is 25.2 Å². The number of hydrogen-bond acceptors (Lipinski definition) is 3. The maximum atomic E-state index is 11.5. The Labute approximate surface area is 103 Å². The summed E-state index contributed by atoms with van der Waals surface area (Å²) in [7, 11) is -0.804. The van der Waals surface area contributed by atoms with E-state index in [0.29, 0.717) is 5.75 Å². The van der Waals surface area contributed by atoms with E-state index in [0.717, 1.165) is 0 Å². The highest BCUT2D eigenvalue weighted by atomic mass is 32.2. The molecule has 2 rings (SSSR count). The molecular weight excluding hydrogens is 234 g/mol. The molecule has 4 heteroatoms. The van der Waals surface area contributed by atoms with Gasteiger partial charge in [-0.1, -0.05) is 30.3 Å². The zero-order valence-electron chi connectivity index (χ0n) is 10.5. The Kier molecular flexibility index (Phi) is 3.27. The minimum Gasteiger partial charge on any atom is -0.294 e. The van der Waals surface area contributed by atoms with Gasteiger partial charge in [0, 0.05) is 12.1 Å². The van der Waals surface area contributed by atoms with Crippen molar-refractivity contribution in [3.63, 3.8) is 0 Å². The summed E-state index contributed by atoms with van der Waals surface area (Å²) in [5, 5.41) is -0.237. The lowest BCUT2D eigenvalue weighted by Crippen LogP contribution is -2.58. The topological polar surface area (TPSA) is 37.4 Å². The van der Waals surface area contributed by atoms with Crippen LogP contribution in [0.5, 0.6) is 0 Å². The average molecular weight is 253 g/mol. The maximum Gasteiger partial charge on any atom is 0.156 e. The fraction of sp³-hybridized carbons (Fsp3) is 0.538. The smallest absolute Gasteiger partial charge is 0.156 e. The van der Waals surface area contributed by atoms with Crippen LogP contribution in [0, 0.1) is 0 Å². The Morgan fingerprint density at radius 3 is 2.35 bits per heavy atom. The molecule has 1 heterocycles. The van der Waals surface area contributed by atoms with Crippen LogP contribution in [0.15, 0.2) is 30.3 Å². The molecule has 1 aromatic rings. The number of benzene rings is 1. The standard InChI is InChI=1S/C13H19NO2S/c1-10(12-7-5-4-6-8-12)14(3)13-9-17(15,16)11(13)2/h4-8,10-11,13H,9H2,1-3H3/t10-,11-,13-/m0/s1. The SMILES string of the molecule is C[C@@H](c1ccccc1)N(C)[C@H]1CS(=O)(=O)[C@H]1C. The maximum absolute atomic E-state index is 11.5. The van der Waals surface area contributed by atoms with Gasteiger partial charge in [-0.25, -0.2) is 8.42 Å². The molecule has 0 aromatic heterocycles. The predicted molar refractivity (Wildman–Crippen MR) is 69.7 cm³/mol. The van der Waals surface area contributed by atoms with Crippen molar-refractivity contribution in [2.75, 3.05) is 12.8 Å². The van der Waals surface area contributed by atoms with Crippen LogP contribution in [-0.4, -0.2) is 37.4 Å². The third-order valence-electron chi connectivity index (χ3n) is 3.93. The van der Waals surface area contributed by atoms with Gasteiger partial charge in [0.15, 0.2) is 9.84 Å². The zero-order chi connectivity index (χ0) is 12.6. The monoisotopic (exact) mass is 253 g/mol. The van der Waals surface area contributed by atoms with Crippen molar-refractivity contribution in [1.82, 2.24) is 4.90 Å². The van der Waals surface area contributed by atoms with Crippen molar-refractivity contribution in [1.29, 1.82) is 0 Å². The lowest BCUT2D eigenvalue weighted by molar-refractivity contribution is 0.182. The lowest BCUT2D eigenvalue weighted by Gasteiger charge is -2.43. The molecular formula is C13H19NO2S. The van der Waals surface area contributed by atoms with Crippen molar-refractivity contribution in [3.05, 3.63) is 35.9 Å². The number of hydrogen-bond donors (Lipinski definition) is 0. The van der Waals surface area contributed by atoms with Gasteiger partial charge < -0.3 is 0 Å². The van der Waals surface area contributed by atoms with Gasteiger partial charge in [-0.15, -0.1) is 0 Å². The Hall–Kier alpha value is -0.870. The van der Waals surface area contributed by atoms with E-state index in [2.05, 4.69) is 24.0 Å². The van der Waals surface area contributed by atoms with Crippen molar-refractivity contribution in [3.8, 4) is 0 Å². The van der Waals surface area contributed by atoms with Crippen molar-refractivity contribution in [2.45, 2.75) is 31.2 Å². The first-order valence-electron chi connectivity index (χ1n) is 5.92. The van der Waals surface area contributed by atoms with E-state index in [9.17, 15) is 8.42 Å².